The SMILES string of the molecule is CCCOC(=O)C1=CC(C)=CC=CC1C(=O)OCCC. The van der Waals surface area contributed by atoms with Crippen molar-refractivity contribution in [3.63, 3.8) is 0 Å². The fourth-order valence-corrected chi connectivity index (χ4v) is 1.77. The zero-order chi connectivity index (χ0) is 15.0. The molecule has 4 nitrogen and oxygen atoms in total. The van der Waals surface area contributed by atoms with E-state index in [4.69, 9.17) is 9.47 Å². The third kappa shape index (κ3) is 4.68. The number of allylic oxidation sites excluding steroid dienone is 4. The molecule has 1 aliphatic carbocycles. The molecule has 0 aromatic carbocycles. The van der Waals surface area contributed by atoms with E-state index < -0.39 is 17.9 Å². The Morgan fingerprint density at radius 3 is 2.45 bits per heavy atom. The van der Waals surface area contributed by atoms with Crippen molar-refractivity contribution in [2.45, 2.75) is 33.6 Å². The summed E-state index contributed by atoms with van der Waals surface area (Å²) < 4.78 is 10.3. The van der Waals surface area contributed by atoms with Crippen LogP contribution < -0.4 is 0 Å². The van der Waals surface area contributed by atoms with Gasteiger partial charge in [0.2, 0.25) is 0 Å². The van der Waals surface area contributed by atoms with E-state index in [0.717, 1.165) is 18.4 Å². The standard InChI is InChI=1S/C16H22O4/c1-4-9-19-15(17)13-8-6-7-12(3)11-14(13)16(18)20-10-5-2/h6-8,11,13H,4-5,9-10H2,1-3H3. The number of carbonyl (C=O) groups excluding carboxylic acids is 2. The fraction of sp³-hybridized carbons (Fsp3) is 0.500. The first-order valence-electron chi connectivity index (χ1n) is 7.00. The van der Waals surface area contributed by atoms with Crippen molar-refractivity contribution in [3.05, 3.63) is 35.5 Å². The number of rotatable bonds is 6. The minimum Gasteiger partial charge on any atom is -0.465 e. The third-order valence-corrected chi connectivity index (χ3v) is 2.76. The van der Waals surface area contributed by atoms with E-state index in [9.17, 15) is 9.59 Å². The quantitative estimate of drug-likeness (QED) is 0.701. The minimum atomic E-state index is -0.695. The van der Waals surface area contributed by atoms with Crippen LogP contribution in [0.2, 0.25) is 0 Å². The highest BCUT2D eigenvalue weighted by molar-refractivity contribution is 5.97. The van der Waals surface area contributed by atoms with Crippen molar-refractivity contribution in [1.82, 2.24) is 0 Å². The van der Waals surface area contributed by atoms with Gasteiger partial charge in [0.25, 0.3) is 0 Å². The monoisotopic (exact) mass is 278 g/mol. The average Bonchev–Trinajstić information content (AvgIpc) is 2.63. The summed E-state index contributed by atoms with van der Waals surface area (Å²) in [6.07, 6.45) is 8.47. The van der Waals surface area contributed by atoms with Crippen LogP contribution in [0.5, 0.6) is 0 Å². The molecule has 0 aliphatic heterocycles. The van der Waals surface area contributed by atoms with Crippen LogP contribution in [-0.2, 0) is 19.1 Å². The first-order chi connectivity index (χ1) is 9.60. The summed E-state index contributed by atoms with van der Waals surface area (Å²) >= 11 is 0. The molecule has 20 heavy (non-hydrogen) atoms. The molecule has 1 unspecified atom stereocenters. The molecule has 4 heteroatoms. The number of esters is 2. The van der Waals surface area contributed by atoms with Crippen LogP contribution in [0, 0.1) is 5.92 Å². The van der Waals surface area contributed by atoms with Crippen molar-refractivity contribution in [2.24, 2.45) is 5.92 Å². The summed E-state index contributed by atoms with van der Waals surface area (Å²) in [5.74, 6) is -1.56. The van der Waals surface area contributed by atoms with E-state index in [1.165, 1.54) is 0 Å². The number of ether oxygens (including phenoxy) is 2. The molecule has 0 saturated carbocycles. The van der Waals surface area contributed by atoms with Gasteiger partial charge in [-0.2, -0.15) is 0 Å². The molecule has 0 N–H and O–H groups in total. The maximum atomic E-state index is 12.1. The normalized spacial score (nSPS) is 17.9. The lowest BCUT2D eigenvalue weighted by molar-refractivity contribution is -0.149. The Bertz CT molecular complexity index is 443. The van der Waals surface area contributed by atoms with E-state index in [1.807, 2.05) is 26.8 Å². The van der Waals surface area contributed by atoms with Crippen molar-refractivity contribution >= 4 is 11.9 Å². The van der Waals surface area contributed by atoms with Crippen molar-refractivity contribution in [3.8, 4) is 0 Å². The van der Waals surface area contributed by atoms with Crippen LogP contribution in [0.25, 0.3) is 0 Å². The van der Waals surface area contributed by atoms with Crippen LogP contribution in [0.15, 0.2) is 35.5 Å². The molecule has 0 amide bonds. The molecule has 0 heterocycles. The minimum absolute atomic E-state index is 0.335. The van der Waals surface area contributed by atoms with Crippen molar-refractivity contribution in [1.29, 1.82) is 0 Å². The molecule has 110 valence electrons. The molecular weight excluding hydrogens is 256 g/mol. The van der Waals surface area contributed by atoms with Gasteiger partial charge in [-0.25, -0.2) is 4.79 Å². The second-order valence-electron chi connectivity index (χ2n) is 4.68. The molecular formula is C16H22O4. The molecule has 0 aromatic rings. The largest absolute Gasteiger partial charge is 0.465 e. The highest BCUT2D eigenvalue weighted by Gasteiger charge is 2.28. The molecule has 1 rings (SSSR count). The first-order valence-corrected chi connectivity index (χ1v) is 7.00. The summed E-state index contributed by atoms with van der Waals surface area (Å²) in [6.45, 7) is 6.42. The second-order valence-corrected chi connectivity index (χ2v) is 4.68. The van der Waals surface area contributed by atoms with Gasteiger partial charge in [0.05, 0.1) is 18.8 Å². The van der Waals surface area contributed by atoms with E-state index in [1.54, 1.807) is 18.2 Å². The van der Waals surface area contributed by atoms with Gasteiger partial charge in [-0.15, -0.1) is 0 Å². The topological polar surface area (TPSA) is 52.6 Å². The highest BCUT2D eigenvalue weighted by atomic mass is 16.5. The molecule has 0 saturated heterocycles. The summed E-state index contributed by atoms with van der Waals surface area (Å²) in [4.78, 5) is 24.1. The van der Waals surface area contributed by atoms with Gasteiger partial charge in [-0.1, -0.05) is 37.6 Å². The van der Waals surface area contributed by atoms with E-state index in [-0.39, 0.29) is 0 Å². The van der Waals surface area contributed by atoms with Gasteiger partial charge >= 0.3 is 11.9 Å². The average molecular weight is 278 g/mol. The highest BCUT2D eigenvalue weighted by Crippen LogP contribution is 2.22. The van der Waals surface area contributed by atoms with Gasteiger partial charge in [-0.3, -0.25) is 4.79 Å². The molecule has 0 spiro atoms. The molecule has 1 atom stereocenters. The number of carbonyl (C=O) groups is 2. The molecule has 1 aliphatic rings. The predicted octanol–water partition coefficient (Wildman–Crippen LogP) is 2.95. The van der Waals surface area contributed by atoms with Gasteiger partial charge in [0, 0.05) is 0 Å². The Balaban J connectivity index is 2.92. The van der Waals surface area contributed by atoms with Crippen LogP contribution in [0.3, 0.4) is 0 Å². The third-order valence-electron chi connectivity index (χ3n) is 2.76. The molecule has 0 radical (unpaired) electrons. The van der Waals surface area contributed by atoms with E-state index >= 15 is 0 Å². The van der Waals surface area contributed by atoms with Gasteiger partial charge in [0.15, 0.2) is 0 Å². The smallest absolute Gasteiger partial charge is 0.335 e. The fourth-order valence-electron chi connectivity index (χ4n) is 1.77. The second kappa shape index (κ2) is 8.35. The van der Waals surface area contributed by atoms with Crippen LogP contribution >= 0.6 is 0 Å². The Morgan fingerprint density at radius 1 is 1.15 bits per heavy atom. The summed E-state index contributed by atoms with van der Waals surface area (Å²) in [5, 5.41) is 0. The molecule has 0 bridgehead atoms. The molecule has 0 fully saturated rings. The van der Waals surface area contributed by atoms with E-state index in [2.05, 4.69) is 0 Å². The number of hydrogen-bond acceptors (Lipinski definition) is 4. The van der Waals surface area contributed by atoms with Crippen molar-refractivity contribution in [2.75, 3.05) is 13.2 Å². The van der Waals surface area contributed by atoms with E-state index in [0.29, 0.717) is 18.8 Å². The van der Waals surface area contributed by atoms with Gasteiger partial charge in [0.1, 0.15) is 5.92 Å². The Hall–Kier alpha value is -1.84. The maximum absolute atomic E-state index is 12.1. The lowest BCUT2D eigenvalue weighted by atomic mass is 9.98. The van der Waals surface area contributed by atoms with Crippen LogP contribution in [-0.4, -0.2) is 25.2 Å². The Morgan fingerprint density at radius 2 is 1.80 bits per heavy atom. The summed E-state index contributed by atoms with van der Waals surface area (Å²) in [7, 11) is 0. The lowest BCUT2D eigenvalue weighted by Crippen LogP contribution is -2.24. The maximum Gasteiger partial charge on any atom is 0.335 e. The van der Waals surface area contributed by atoms with Crippen molar-refractivity contribution < 1.29 is 19.1 Å². The zero-order valence-corrected chi connectivity index (χ0v) is 12.3. The molecule has 0 aromatic heterocycles. The van der Waals surface area contributed by atoms with Gasteiger partial charge in [-0.05, 0) is 25.8 Å². The summed E-state index contributed by atoms with van der Waals surface area (Å²) in [5.41, 5.74) is 1.23. The van der Waals surface area contributed by atoms with Crippen LogP contribution in [0.1, 0.15) is 33.6 Å². The van der Waals surface area contributed by atoms with Crippen LogP contribution in [0.4, 0.5) is 0 Å². The lowest BCUT2D eigenvalue weighted by Gasteiger charge is -2.15. The number of hydrogen-bond donors (Lipinski definition) is 0. The first kappa shape index (κ1) is 16.2. The predicted molar refractivity (Wildman–Crippen MR) is 77.0 cm³/mol. The summed E-state index contributed by atoms with van der Waals surface area (Å²) in [6, 6.07) is 0. The Labute approximate surface area is 120 Å². The Kier molecular flexibility index (Phi) is 6.77. The van der Waals surface area contributed by atoms with Gasteiger partial charge < -0.3 is 9.47 Å². The zero-order valence-electron chi connectivity index (χ0n) is 12.3.